The second-order valence-electron chi connectivity index (χ2n) is 5.64. The van der Waals surface area contributed by atoms with Crippen LogP contribution in [0.5, 0.6) is 11.5 Å². The monoisotopic (exact) mass is 398 g/mol. The number of sulfonamides is 1. The second-order valence-corrected chi connectivity index (χ2v) is 7.61. The van der Waals surface area contributed by atoms with Gasteiger partial charge in [0.15, 0.2) is 11.5 Å². The summed E-state index contributed by atoms with van der Waals surface area (Å²) >= 11 is 6.29. The molecule has 26 heavy (non-hydrogen) atoms. The third-order valence-corrected chi connectivity index (χ3v) is 5.07. The van der Waals surface area contributed by atoms with E-state index in [4.69, 9.17) is 26.2 Å². The Kier molecular flexibility index (Phi) is 7.28. The lowest BCUT2D eigenvalue weighted by Gasteiger charge is -2.13. The maximum Gasteiger partial charge on any atom is 0.238 e. The summed E-state index contributed by atoms with van der Waals surface area (Å²) in [7, 11) is -2.08. The van der Waals surface area contributed by atoms with Crippen LogP contribution in [0.1, 0.15) is 18.1 Å². The Labute approximate surface area is 159 Å². The van der Waals surface area contributed by atoms with Gasteiger partial charge in [-0.25, -0.2) is 13.6 Å². The number of hydrogen-bond acceptors (Lipinski definition) is 5. The lowest BCUT2D eigenvalue weighted by molar-refractivity contribution is 0.310. The molecule has 0 atom stereocenters. The molecule has 142 valence electrons. The Balaban J connectivity index is 1.92. The van der Waals surface area contributed by atoms with Crippen molar-refractivity contribution in [2.45, 2.75) is 24.8 Å². The molecule has 0 saturated carbocycles. The molecule has 0 heterocycles. The number of primary sulfonamides is 1. The average molecular weight is 399 g/mol. The Bertz CT molecular complexity index is 839. The SMILES string of the molecule is CCOc1cc(CNCCc2ccc(S(N)(=O)=O)cc2)c(Cl)cc1OC. The smallest absolute Gasteiger partial charge is 0.238 e. The molecule has 6 nitrogen and oxygen atoms in total. The Morgan fingerprint density at radius 2 is 1.85 bits per heavy atom. The first-order valence-corrected chi connectivity index (χ1v) is 10.1. The van der Waals surface area contributed by atoms with Gasteiger partial charge in [-0.2, -0.15) is 0 Å². The molecule has 0 radical (unpaired) electrons. The number of nitrogens with one attached hydrogen (secondary N) is 1. The highest BCUT2D eigenvalue weighted by atomic mass is 35.5. The molecule has 8 heteroatoms. The van der Waals surface area contributed by atoms with Crippen LogP contribution in [0.4, 0.5) is 0 Å². The summed E-state index contributed by atoms with van der Waals surface area (Å²) in [6, 6.07) is 10.2. The van der Waals surface area contributed by atoms with Crippen LogP contribution in [0.3, 0.4) is 0 Å². The van der Waals surface area contributed by atoms with Gasteiger partial charge in [-0.15, -0.1) is 0 Å². The van der Waals surface area contributed by atoms with Gasteiger partial charge in [-0.3, -0.25) is 0 Å². The number of ether oxygens (including phenoxy) is 2. The summed E-state index contributed by atoms with van der Waals surface area (Å²) in [5.74, 6) is 1.27. The number of halogens is 1. The van der Waals surface area contributed by atoms with Crippen molar-refractivity contribution in [2.75, 3.05) is 20.3 Å². The van der Waals surface area contributed by atoms with Gasteiger partial charge in [0.05, 0.1) is 18.6 Å². The summed E-state index contributed by atoms with van der Waals surface area (Å²) < 4.78 is 33.3. The van der Waals surface area contributed by atoms with Crippen LogP contribution in [0.25, 0.3) is 0 Å². The fourth-order valence-corrected chi connectivity index (χ4v) is 3.18. The van der Waals surface area contributed by atoms with Crippen molar-refractivity contribution >= 4 is 21.6 Å². The minimum absolute atomic E-state index is 0.114. The summed E-state index contributed by atoms with van der Waals surface area (Å²) in [6.07, 6.45) is 0.747. The van der Waals surface area contributed by atoms with Crippen molar-refractivity contribution in [2.24, 2.45) is 5.14 Å². The highest BCUT2D eigenvalue weighted by molar-refractivity contribution is 7.89. The molecule has 0 aliphatic rings. The first-order valence-electron chi connectivity index (χ1n) is 8.16. The van der Waals surface area contributed by atoms with Crippen molar-refractivity contribution in [1.82, 2.24) is 5.32 Å². The standard InChI is InChI=1S/C18H23ClN2O4S/c1-3-25-18-10-14(16(19)11-17(18)24-2)12-21-9-8-13-4-6-15(7-5-13)26(20,22)23/h4-7,10-11,21H,3,8-9,12H2,1-2H3,(H2,20,22,23). The fourth-order valence-electron chi connectivity index (χ4n) is 2.44. The largest absolute Gasteiger partial charge is 0.493 e. The van der Waals surface area contributed by atoms with Crippen molar-refractivity contribution in [1.29, 1.82) is 0 Å². The second kappa shape index (κ2) is 9.23. The normalized spacial score (nSPS) is 11.4. The molecule has 0 spiro atoms. The van der Waals surface area contributed by atoms with E-state index in [9.17, 15) is 8.42 Å². The van der Waals surface area contributed by atoms with Gasteiger partial charge in [-0.05, 0) is 49.2 Å². The Morgan fingerprint density at radius 3 is 2.42 bits per heavy atom. The molecule has 0 bridgehead atoms. The van der Waals surface area contributed by atoms with E-state index < -0.39 is 10.0 Å². The predicted molar refractivity (Wildman–Crippen MR) is 102 cm³/mol. The van der Waals surface area contributed by atoms with Crippen LogP contribution in [-0.4, -0.2) is 28.7 Å². The molecule has 3 N–H and O–H groups in total. The van der Waals surface area contributed by atoms with E-state index in [1.165, 1.54) is 12.1 Å². The number of nitrogens with two attached hydrogens (primary N) is 1. The first-order chi connectivity index (χ1) is 12.3. The summed E-state index contributed by atoms with van der Waals surface area (Å²) in [4.78, 5) is 0.114. The molecule has 0 aliphatic carbocycles. The van der Waals surface area contributed by atoms with Crippen LogP contribution in [0.2, 0.25) is 5.02 Å². The van der Waals surface area contributed by atoms with Crippen LogP contribution >= 0.6 is 11.6 Å². The van der Waals surface area contributed by atoms with Crippen LogP contribution in [-0.2, 0) is 23.0 Å². The topological polar surface area (TPSA) is 90.6 Å². The maximum atomic E-state index is 11.2. The van der Waals surface area contributed by atoms with Crippen LogP contribution in [0.15, 0.2) is 41.3 Å². The summed E-state index contributed by atoms with van der Waals surface area (Å²) in [5.41, 5.74) is 1.93. The van der Waals surface area contributed by atoms with Gasteiger partial charge in [0.2, 0.25) is 10.0 Å². The molecule has 2 aromatic carbocycles. The van der Waals surface area contributed by atoms with E-state index in [0.717, 1.165) is 17.5 Å². The molecule has 0 saturated heterocycles. The lowest BCUT2D eigenvalue weighted by atomic mass is 10.1. The van der Waals surface area contributed by atoms with Crippen molar-refractivity contribution in [3.8, 4) is 11.5 Å². The molecule has 0 aliphatic heterocycles. The number of benzene rings is 2. The molecule has 2 aromatic rings. The molecule has 0 fully saturated rings. The first kappa shape index (κ1) is 20.5. The Morgan fingerprint density at radius 1 is 1.15 bits per heavy atom. The van der Waals surface area contributed by atoms with E-state index >= 15 is 0 Å². The van der Waals surface area contributed by atoms with Crippen molar-refractivity contribution < 1.29 is 17.9 Å². The van der Waals surface area contributed by atoms with E-state index in [1.807, 2.05) is 13.0 Å². The van der Waals surface area contributed by atoms with Crippen molar-refractivity contribution in [3.05, 3.63) is 52.5 Å². The van der Waals surface area contributed by atoms with Gasteiger partial charge < -0.3 is 14.8 Å². The molecular weight excluding hydrogens is 376 g/mol. The van der Waals surface area contributed by atoms with Crippen LogP contribution < -0.4 is 19.9 Å². The predicted octanol–water partition coefficient (Wildman–Crippen LogP) is 2.73. The quantitative estimate of drug-likeness (QED) is 0.634. The van der Waals surface area contributed by atoms with Gasteiger partial charge >= 0.3 is 0 Å². The summed E-state index contributed by atoms with van der Waals surface area (Å²) in [6.45, 7) is 3.74. The Hall–Kier alpha value is -1.80. The summed E-state index contributed by atoms with van der Waals surface area (Å²) in [5, 5.41) is 9.02. The van der Waals surface area contributed by atoms with E-state index in [0.29, 0.717) is 36.2 Å². The average Bonchev–Trinajstić information content (AvgIpc) is 2.60. The maximum absolute atomic E-state index is 11.2. The minimum Gasteiger partial charge on any atom is -0.493 e. The molecule has 0 amide bonds. The van der Waals surface area contributed by atoms with E-state index in [1.54, 1.807) is 25.3 Å². The zero-order chi connectivity index (χ0) is 19.2. The highest BCUT2D eigenvalue weighted by Crippen LogP contribution is 2.33. The van der Waals surface area contributed by atoms with E-state index in [-0.39, 0.29) is 4.90 Å². The van der Waals surface area contributed by atoms with Gasteiger partial charge in [-0.1, -0.05) is 23.7 Å². The van der Waals surface area contributed by atoms with Crippen molar-refractivity contribution in [3.63, 3.8) is 0 Å². The molecule has 2 rings (SSSR count). The fraction of sp³-hybridized carbons (Fsp3) is 0.333. The number of rotatable bonds is 9. The zero-order valence-electron chi connectivity index (χ0n) is 14.8. The number of hydrogen-bond donors (Lipinski definition) is 2. The third-order valence-electron chi connectivity index (χ3n) is 3.79. The highest BCUT2D eigenvalue weighted by Gasteiger charge is 2.10. The van der Waals surface area contributed by atoms with E-state index in [2.05, 4.69) is 5.32 Å². The van der Waals surface area contributed by atoms with Gasteiger partial charge in [0.25, 0.3) is 0 Å². The molecular formula is C18H23ClN2O4S. The minimum atomic E-state index is -3.65. The molecule has 0 aromatic heterocycles. The third kappa shape index (κ3) is 5.60. The van der Waals surface area contributed by atoms with Gasteiger partial charge in [0, 0.05) is 17.6 Å². The zero-order valence-corrected chi connectivity index (χ0v) is 16.4. The number of methoxy groups -OCH3 is 1. The van der Waals surface area contributed by atoms with Crippen LogP contribution in [0, 0.1) is 0 Å². The van der Waals surface area contributed by atoms with Gasteiger partial charge in [0.1, 0.15) is 0 Å². The molecule has 0 unspecified atom stereocenters. The lowest BCUT2D eigenvalue weighted by Crippen LogP contribution is -2.17.